The molecule has 0 atom stereocenters. The predicted molar refractivity (Wildman–Crippen MR) is 102 cm³/mol. The van der Waals surface area contributed by atoms with E-state index in [9.17, 15) is 4.79 Å². The highest BCUT2D eigenvalue weighted by molar-refractivity contribution is 5.93. The first-order chi connectivity index (χ1) is 12.0. The van der Waals surface area contributed by atoms with Gasteiger partial charge in [0.1, 0.15) is 17.3 Å². The molecule has 0 radical (unpaired) electrons. The molecule has 0 aliphatic rings. The van der Waals surface area contributed by atoms with Crippen molar-refractivity contribution in [3.05, 3.63) is 47.4 Å². The topological polar surface area (TPSA) is 58.1 Å². The van der Waals surface area contributed by atoms with Gasteiger partial charge in [-0.2, -0.15) is 0 Å². The number of rotatable bonds is 8. The van der Waals surface area contributed by atoms with Crippen LogP contribution in [0.4, 0.5) is 11.5 Å². The van der Waals surface area contributed by atoms with Gasteiger partial charge in [-0.05, 0) is 44.9 Å². The molecule has 0 spiro atoms. The molecule has 0 bridgehead atoms. The molecule has 0 aliphatic heterocycles. The first-order valence-corrected chi connectivity index (χ1v) is 9.03. The van der Waals surface area contributed by atoms with Crippen LogP contribution in [0, 0.1) is 13.8 Å². The van der Waals surface area contributed by atoms with Crippen molar-refractivity contribution in [1.29, 1.82) is 0 Å². The first-order valence-electron chi connectivity index (χ1n) is 9.03. The van der Waals surface area contributed by atoms with E-state index in [4.69, 9.17) is 0 Å². The summed E-state index contributed by atoms with van der Waals surface area (Å²) < 4.78 is 0. The molecule has 0 fully saturated rings. The van der Waals surface area contributed by atoms with Crippen LogP contribution in [0.2, 0.25) is 0 Å². The number of anilines is 2. The number of amides is 1. The van der Waals surface area contributed by atoms with E-state index >= 15 is 0 Å². The summed E-state index contributed by atoms with van der Waals surface area (Å²) in [5, 5.41) is 2.95. The summed E-state index contributed by atoms with van der Waals surface area (Å²) in [4.78, 5) is 23.3. The number of hydrogen-bond acceptors (Lipinski definition) is 4. The van der Waals surface area contributed by atoms with Gasteiger partial charge in [0.2, 0.25) is 0 Å². The number of hydrogen-bond donors (Lipinski definition) is 1. The zero-order valence-corrected chi connectivity index (χ0v) is 15.7. The zero-order valence-electron chi connectivity index (χ0n) is 15.7. The minimum Gasteiger partial charge on any atom is -0.351 e. The van der Waals surface area contributed by atoms with Crippen molar-refractivity contribution in [3.8, 4) is 0 Å². The zero-order chi connectivity index (χ0) is 18.2. The van der Waals surface area contributed by atoms with Crippen molar-refractivity contribution in [2.45, 2.75) is 47.0 Å². The molecule has 1 amide bonds. The van der Waals surface area contributed by atoms with Crippen LogP contribution in [0.15, 0.2) is 30.3 Å². The van der Waals surface area contributed by atoms with Crippen LogP contribution in [0.5, 0.6) is 0 Å². The van der Waals surface area contributed by atoms with Crippen LogP contribution in [-0.2, 0) is 0 Å². The highest BCUT2D eigenvalue weighted by Gasteiger charge is 2.15. The first kappa shape index (κ1) is 18.9. The average Bonchev–Trinajstić information content (AvgIpc) is 2.59. The van der Waals surface area contributed by atoms with E-state index < -0.39 is 0 Å². The van der Waals surface area contributed by atoms with Gasteiger partial charge in [0.25, 0.3) is 5.91 Å². The van der Waals surface area contributed by atoms with E-state index in [0.717, 1.165) is 37.3 Å². The fraction of sp³-hybridized carbons (Fsp3) is 0.450. The summed E-state index contributed by atoms with van der Waals surface area (Å²) in [5.74, 6) is 1.21. The standard InChI is InChI=1S/C20H28N4O/c1-5-7-8-12-21-20(25)18-14-19(23-16(4)22-18)24(6-2)17-11-9-10-15(3)13-17/h9-11,13-14H,5-8,12H2,1-4H3,(H,21,25). The van der Waals surface area contributed by atoms with Crippen LogP contribution >= 0.6 is 0 Å². The number of carbonyl (C=O) groups is 1. The summed E-state index contributed by atoms with van der Waals surface area (Å²) in [6.07, 6.45) is 3.24. The van der Waals surface area contributed by atoms with Gasteiger partial charge >= 0.3 is 0 Å². The van der Waals surface area contributed by atoms with Crippen molar-refractivity contribution < 1.29 is 4.79 Å². The summed E-state index contributed by atoms with van der Waals surface area (Å²) in [6.45, 7) is 9.55. The summed E-state index contributed by atoms with van der Waals surface area (Å²) >= 11 is 0. The number of aromatic nitrogens is 2. The smallest absolute Gasteiger partial charge is 0.270 e. The Hall–Kier alpha value is -2.43. The van der Waals surface area contributed by atoms with Crippen LogP contribution in [0.1, 0.15) is 55.0 Å². The molecule has 5 heteroatoms. The largest absolute Gasteiger partial charge is 0.351 e. The Bertz CT molecular complexity index is 715. The van der Waals surface area contributed by atoms with E-state index in [0.29, 0.717) is 18.1 Å². The Morgan fingerprint density at radius 3 is 2.60 bits per heavy atom. The third kappa shape index (κ3) is 5.28. The van der Waals surface area contributed by atoms with E-state index in [-0.39, 0.29) is 5.91 Å². The molecule has 1 aromatic carbocycles. The van der Waals surface area contributed by atoms with Crippen molar-refractivity contribution in [3.63, 3.8) is 0 Å². The molecular weight excluding hydrogens is 312 g/mol. The number of nitrogens with zero attached hydrogens (tertiary/aromatic N) is 3. The van der Waals surface area contributed by atoms with E-state index in [1.165, 1.54) is 5.56 Å². The molecule has 1 N–H and O–H groups in total. The molecule has 0 aliphatic carbocycles. The van der Waals surface area contributed by atoms with Crippen molar-refractivity contribution in [2.24, 2.45) is 0 Å². The highest BCUT2D eigenvalue weighted by Crippen LogP contribution is 2.24. The molecule has 2 rings (SSSR count). The lowest BCUT2D eigenvalue weighted by Crippen LogP contribution is -2.27. The van der Waals surface area contributed by atoms with Gasteiger partial charge < -0.3 is 10.2 Å². The minimum absolute atomic E-state index is 0.136. The fourth-order valence-corrected chi connectivity index (χ4v) is 2.75. The van der Waals surface area contributed by atoms with Gasteiger partial charge in [-0.1, -0.05) is 31.9 Å². The Labute approximate surface area is 150 Å². The second kappa shape index (κ2) is 9.16. The maximum atomic E-state index is 12.4. The van der Waals surface area contributed by atoms with E-state index in [1.54, 1.807) is 6.07 Å². The van der Waals surface area contributed by atoms with E-state index in [1.807, 2.05) is 13.0 Å². The molecule has 25 heavy (non-hydrogen) atoms. The van der Waals surface area contributed by atoms with Crippen LogP contribution < -0.4 is 10.2 Å². The maximum absolute atomic E-state index is 12.4. The highest BCUT2D eigenvalue weighted by atomic mass is 16.1. The average molecular weight is 340 g/mol. The maximum Gasteiger partial charge on any atom is 0.270 e. The van der Waals surface area contributed by atoms with E-state index in [2.05, 4.69) is 59.2 Å². The number of unbranched alkanes of at least 4 members (excludes halogenated alkanes) is 2. The third-order valence-corrected chi connectivity index (χ3v) is 4.03. The molecule has 1 aromatic heterocycles. The molecule has 0 saturated carbocycles. The number of nitrogens with one attached hydrogen (secondary N) is 1. The second-order valence-electron chi connectivity index (χ2n) is 6.20. The molecule has 5 nitrogen and oxygen atoms in total. The quantitative estimate of drug-likeness (QED) is 0.733. The fourth-order valence-electron chi connectivity index (χ4n) is 2.75. The molecule has 2 aromatic rings. The Balaban J connectivity index is 2.23. The third-order valence-electron chi connectivity index (χ3n) is 4.03. The van der Waals surface area contributed by atoms with Crippen LogP contribution in [-0.4, -0.2) is 29.0 Å². The van der Waals surface area contributed by atoms with Crippen molar-refractivity contribution in [1.82, 2.24) is 15.3 Å². The van der Waals surface area contributed by atoms with Crippen LogP contribution in [0.3, 0.4) is 0 Å². The van der Waals surface area contributed by atoms with Gasteiger partial charge in [-0.3, -0.25) is 4.79 Å². The Morgan fingerprint density at radius 1 is 1.12 bits per heavy atom. The van der Waals surface area contributed by atoms with Crippen molar-refractivity contribution >= 4 is 17.4 Å². The minimum atomic E-state index is -0.136. The number of carbonyl (C=O) groups excluding carboxylic acids is 1. The summed E-state index contributed by atoms with van der Waals surface area (Å²) in [6, 6.07) is 10.0. The Morgan fingerprint density at radius 2 is 1.92 bits per heavy atom. The lowest BCUT2D eigenvalue weighted by molar-refractivity contribution is 0.0947. The molecule has 1 heterocycles. The van der Waals surface area contributed by atoms with Crippen molar-refractivity contribution in [2.75, 3.05) is 18.0 Å². The number of benzene rings is 1. The normalized spacial score (nSPS) is 10.6. The molecular formula is C20H28N4O. The van der Waals surface area contributed by atoms with Gasteiger partial charge in [0.15, 0.2) is 0 Å². The predicted octanol–water partition coefficient (Wildman–Crippen LogP) is 4.17. The SMILES string of the molecule is CCCCCNC(=O)c1cc(N(CC)c2cccc(C)c2)nc(C)n1. The number of aryl methyl sites for hydroxylation is 2. The lowest BCUT2D eigenvalue weighted by atomic mass is 10.2. The summed E-state index contributed by atoms with van der Waals surface area (Å²) in [7, 11) is 0. The summed E-state index contributed by atoms with van der Waals surface area (Å²) in [5.41, 5.74) is 2.68. The molecule has 134 valence electrons. The van der Waals surface area contributed by atoms with Gasteiger partial charge in [-0.15, -0.1) is 0 Å². The van der Waals surface area contributed by atoms with Gasteiger partial charge in [-0.25, -0.2) is 9.97 Å². The molecule has 0 unspecified atom stereocenters. The second-order valence-corrected chi connectivity index (χ2v) is 6.20. The monoisotopic (exact) mass is 340 g/mol. The lowest BCUT2D eigenvalue weighted by Gasteiger charge is -2.23. The van der Waals surface area contributed by atoms with Gasteiger partial charge in [0.05, 0.1) is 0 Å². The van der Waals surface area contributed by atoms with Crippen LogP contribution in [0.25, 0.3) is 0 Å². The Kier molecular flexibility index (Phi) is 6.92. The molecule has 0 saturated heterocycles. The van der Waals surface area contributed by atoms with Gasteiger partial charge in [0, 0.05) is 24.8 Å².